The average molecular weight is 268 g/mol. The van der Waals surface area contributed by atoms with Crippen LogP contribution in [0.3, 0.4) is 0 Å². The molecule has 0 radical (unpaired) electrons. The van der Waals surface area contributed by atoms with Gasteiger partial charge in [-0.05, 0) is 19.4 Å². The van der Waals surface area contributed by atoms with E-state index in [9.17, 15) is 15.0 Å². The molecule has 0 fully saturated rings. The summed E-state index contributed by atoms with van der Waals surface area (Å²) in [5.41, 5.74) is -1.16. The van der Waals surface area contributed by atoms with Crippen molar-refractivity contribution < 1.29 is 24.5 Å². The van der Waals surface area contributed by atoms with Crippen molar-refractivity contribution >= 4 is 5.97 Å². The fourth-order valence-electron chi connectivity index (χ4n) is 1.89. The second-order valence-electron chi connectivity index (χ2n) is 4.02. The number of hydrogen-bond donors (Lipinski definition) is 2. The predicted octanol–water partition coefficient (Wildman–Crippen LogP) is 0.835. The molecule has 2 unspecified atom stereocenters. The monoisotopic (exact) mass is 268 g/mol. The van der Waals surface area contributed by atoms with Crippen LogP contribution in [-0.2, 0) is 19.7 Å². The van der Waals surface area contributed by atoms with E-state index >= 15 is 0 Å². The summed E-state index contributed by atoms with van der Waals surface area (Å²) < 4.78 is 10.1. The number of aliphatic hydroxyl groups is 2. The van der Waals surface area contributed by atoms with Gasteiger partial charge in [0.25, 0.3) is 0 Å². The highest BCUT2D eigenvalue weighted by atomic mass is 16.6. The Balaban J connectivity index is 3.25. The Morgan fingerprint density at radius 2 is 1.89 bits per heavy atom. The van der Waals surface area contributed by atoms with E-state index in [1.54, 1.807) is 44.2 Å². The van der Waals surface area contributed by atoms with Crippen molar-refractivity contribution in [2.45, 2.75) is 25.6 Å². The van der Waals surface area contributed by atoms with Crippen LogP contribution in [0.15, 0.2) is 30.3 Å². The molecule has 0 saturated carbocycles. The van der Waals surface area contributed by atoms with Crippen molar-refractivity contribution in [2.24, 2.45) is 0 Å². The zero-order valence-corrected chi connectivity index (χ0v) is 11.2. The minimum Gasteiger partial charge on any atom is -0.465 e. The third kappa shape index (κ3) is 3.12. The van der Waals surface area contributed by atoms with Gasteiger partial charge in [0.1, 0.15) is 0 Å². The van der Waals surface area contributed by atoms with Crippen LogP contribution in [0, 0.1) is 0 Å². The van der Waals surface area contributed by atoms with Crippen LogP contribution in [0.25, 0.3) is 0 Å². The Kier molecular flexibility index (Phi) is 5.95. The van der Waals surface area contributed by atoms with Gasteiger partial charge in [0, 0.05) is 6.61 Å². The maximum Gasteiger partial charge on any atom is 0.324 e. The van der Waals surface area contributed by atoms with Gasteiger partial charge in [0.05, 0.1) is 13.2 Å². The Morgan fingerprint density at radius 1 is 1.26 bits per heavy atom. The third-order valence-corrected chi connectivity index (χ3v) is 2.92. The van der Waals surface area contributed by atoms with Crippen LogP contribution < -0.4 is 0 Å². The molecule has 0 aromatic heterocycles. The Hall–Kier alpha value is -1.43. The number of carbonyl (C=O) groups is 1. The smallest absolute Gasteiger partial charge is 0.324 e. The molecule has 106 valence electrons. The molecule has 1 aromatic carbocycles. The summed E-state index contributed by atoms with van der Waals surface area (Å²) in [4.78, 5) is 12.2. The molecule has 0 bridgehead atoms. The van der Waals surface area contributed by atoms with Crippen LogP contribution in [0.5, 0.6) is 0 Å². The van der Waals surface area contributed by atoms with Crippen LogP contribution in [0.2, 0.25) is 0 Å². The second kappa shape index (κ2) is 7.23. The average Bonchev–Trinajstić information content (AvgIpc) is 2.42. The molecule has 19 heavy (non-hydrogen) atoms. The summed E-state index contributed by atoms with van der Waals surface area (Å²) in [6.45, 7) is 3.14. The molecule has 0 aliphatic carbocycles. The topological polar surface area (TPSA) is 76.0 Å². The van der Waals surface area contributed by atoms with Crippen molar-refractivity contribution in [3.63, 3.8) is 0 Å². The first kappa shape index (κ1) is 15.6. The number of esters is 1. The van der Waals surface area contributed by atoms with E-state index in [-0.39, 0.29) is 13.2 Å². The van der Waals surface area contributed by atoms with Gasteiger partial charge in [0.2, 0.25) is 0 Å². The van der Waals surface area contributed by atoms with Gasteiger partial charge in [-0.1, -0.05) is 30.3 Å². The van der Waals surface area contributed by atoms with E-state index in [2.05, 4.69) is 0 Å². The first-order valence-electron chi connectivity index (χ1n) is 6.26. The number of rotatable bonds is 7. The molecule has 2 N–H and O–H groups in total. The zero-order chi connectivity index (χ0) is 14.3. The van der Waals surface area contributed by atoms with Gasteiger partial charge in [-0.15, -0.1) is 0 Å². The van der Waals surface area contributed by atoms with Gasteiger partial charge in [-0.3, -0.25) is 4.79 Å². The van der Waals surface area contributed by atoms with Crippen molar-refractivity contribution in [2.75, 3.05) is 19.8 Å². The van der Waals surface area contributed by atoms with Gasteiger partial charge >= 0.3 is 5.97 Å². The van der Waals surface area contributed by atoms with Gasteiger partial charge in [-0.2, -0.15) is 0 Å². The fourth-order valence-corrected chi connectivity index (χ4v) is 1.89. The lowest BCUT2D eigenvalue weighted by Gasteiger charge is -2.33. The predicted molar refractivity (Wildman–Crippen MR) is 69.5 cm³/mol. The molecule has 2 atom stereocenters. The molecule has 0 saturated heterocycles. The molecule has 5 nitrogen and oxygen atoms in total. The molecule has 0 heterocycles. The van der Waals surface area contributed by atoms with E-state index in [0.717, 1.165) is 0 Å². The van der Waals surface area contributed by atoms with Gasteiger partial charge in [0.15, 0.2) is 11.7 Å². The second-order valence-corrected chi connectivity index (χ2v) is 4.02. The molecule has 0 aliphatic heterocycles. The molecule has 0 aliphatic rings. The lowest BCUT2D eigenvalue weighted by atomic mass is 9.80. The summed E-state index contributed by atoms with van der Waals surface area (Å²) in [6.07, 6.45) is -1.47. The molecular formula is C14H20O5. The van der Waals surface area contributed by atoms with E-state index in [4.69, 9.17) is 9.47 Å². The highest BCUT2D eigenvalue weighted by Gasteiger charge is 2.48. The van der Waals surface area contributed by atoms with Crippen LogP contribution in [-0.4, -0.2) is 42.3 Å². The highest BCUT2D eigenvalue weighted by Crippen LogP contribution is 2.30. The van der Waals surface area contributed by atoms with Crippen molar-refractivity contribution in [1.29, 1.82) is 0 Å². The summed E-state index contributed by atoms with van der Waals surface area (Å²) in [7, 11) is 0. The maximum atomic E-state index is 12.2. The van der Waals surface area contributed by atoms with Crippen LogP contribution in [0.4, 0.5) is 0 Å². The van der Waals surface area contributed by atoms with E-state index in [1.165, 1.54) is 0 Å². The Morgan fingerprint density at radius 3 is 2.37 bits per heavy atom. The Bertz CT molecular complexity index is 392. The molecular weight excluding hydrogens is 248 g/mol. The first-order chi connectivity index (χ1) is 9.13. The lowest BCUT2D eigenvalue weighted by Crippen LogP contribution is -2.52. The highest BCUT2D eigenvalue weighted by molar-refractivity contribution is 5.84. The fraction of sp³-hybridized carbons (Fsp3) is 0.500. The van der Waals surface area contributed by atoms with Crippen LogP contribution in [0.1, 0.15) is 19.4 Å². The number of hydrogen-bond acceptors (Lipinski definition) is 5. The van der Waals surface area contributed by atoms with Gasteiger partial charge in [-0.25, -0.2) is 0 Å². The minimum absolute atomic E-state index is 0.159. The van der Waals surface area contributed by atoms with E-state index < -0.39 is 24.3 Å². The number of carbonyl (C=O) groups excluding carboxylic acids is 1. The van der Waals surface area contributed by atoms with Crippen molar-refractivity contribution in [1.82, 2.24) is 0 Å². The summed E-state index contributed by atoms with van der Waals surface area (Å²) in [5.74, 6) is -0.704. The van der Waals surface area contributed by atoms with Crippen molar-refractivity contribution in [3.8, 4) is 0 Å². The SMILES string of the molecule is CCOC(=O)C(CO)(c1ccccc1)C(O)OCC. The molecule has 0 spiro atoms. The quantitative estimate of drug-likeness (QED) is 0.566. The minimum atomic E-state index is -1.62. The summed E-state index contributed by atoms with van der Waals surface area (Å²) >= 11 is 0. The zero-order valence-electron chi connectivity index (χ0n) is 11.2. The number of ether oxygens (including phenoxy) is 2. The summed E-state index contributed by atoms with van der Waals surface area (Å²) in [6, 6.07) is 8.52. The largest absolute Gasteiger partial charge is 0.465 e. The van der Waals surface area contributed by atoms with Crippen LogP contribution >= 0.6 is 0 Å². The molecule has 1 aromatic rings. The normalized spacial score (nSPS) is 15.6. The van der Waals surface area contributed by atoms with Gasteiger partial charge < -0.3 is 19.7 Å². The summed E-state index contributed by atoms with van der Waals surface area (Å²) in [5, 5.41) is 19.8. The maximum absolute atomic E-state index is 12.2. The molecule has 5 heteroatoms. The number of benzene rings is 1. The lowest BCUT2D eigenvalue weighted by molar-refractivity contribution is -0.187. The number of aliphatic hydroxyl groups excluding tert-OH is 2. The van der Waals surface area contributed by atoms with E-state index in [0.29, 0.717) is 5.56 Å². The standard InChI is InChI=1S/C14H20O5/c1-3-18-12(16)14(10-15,13(17)19-4-2)11-8-6-5-7-9-11/h5-9,12,15-16H,3-4,10H2,1-2H3. The van der Waals surface area contributed by atoms with Crippen molar-refractivity contribution in [3.05, 3.63) is 35.9 Å². The molecule has 0 amide bonds. The third-order valence-electron chi connectivity index (χ3n) is 2.92. The first-order valence-corrected chi connectivity index (χ1v) is 6.26. The Labute approximate surface area is 112 Å². The molecule has 1 rings (SSSR count). The van der Waals surface area contributed by atoms with E-state index in [1.807, 2.05) is 0 Å².